The van der Waals surface area contributed by atoms with Crippen LogP contribution in [0.4, 0.5) is 0 Å². The van der Waals surface area contributed by atoms with Crippen molar-refractivity contribution in [1.82, 2.24) is 0 Å². The summed E-state index contributed by atoms with van der Waals surface area (Å²) in [6, 6.07) is 12.0. The summed E-state index contributed by atoms with van der Waals surface area (Å²) in [6.45, 7) is 3.44. The number of hydrogen-bond donors (Lipinski definition) is 8. The number of carboxylic acids is 2. The molecule has 0 radical (unpaired) electrons. The Morgan fingerprint density at radius 2 is 0.917 bits per heavy atom. The Balaban J connectivity index is -0.000000268. The van der Waals surface area contributed by atoms with Gasteiger partial charge in [-0.05, 0) is 13.8 Å². The van der Waals surface area contributed by atoms with Crippen LogP contribution in [0.3, 0.4) is 0 Å². The number of aliphatic carboxylic acids is 2. The lowest BCUT2D eigenvalue weighted by Crippen LogP contribution is -2.39. The van der Waals surface area contributed by atoms with E-state index in [0.717, 1.165) is 0 Å². The molecular weight excluding hydrogens is 322 g/mol. The largest absolute Gasteiger partial charge is 0.479 e. The van der Waals surface area contributed by atoms with Gasteiger partial charge in [-0.1, -0.05) is 36.4 Å². The predicted molar refractivity (Wildman–Crippen MR) is 87.2 cm³/mol. The average molecular weight is 347 g/mol. The molecule has 1 aromatic rings. The maximum Gasteiger partial charge on any atom is 0.335 e. The van der Waals surface area contributed by atoms with Gasteiger partial charge in [0.15, 0.2) is 18.2 Å². The molecule has 24 heavy (non-hydrogen) atoms. The van der Waals surface area contributed by atoms with E-state index in [1.54, 1.807) is 13.8 Å². The van der Waals surface area contributed by atoms with Crippen molar-refractivity contribution >= 4 is 17.9 Å². The van der Waals surface area contributed by atoms with Gasteiger partial charge < -0.3 is 37.0 Å². The van der Waals surface area contributed by atoms with Crippen LogP contribution in [-0.4, -0.2) is 61.7 Å². The molecule has 1 aromatic carbocycles. The van der Waals surface area contributed by atoms with Crippen LogP contribution < -0.4 is 11.5 Å². The summed E-state index contributed by atoms with van der Waals surface area (Å²) < 4.78 is 0. The van der Waals surface area contributed by atoms with Crippen LogP contribution in [-0.2, 0) is 9.59 Å². The van der Waals surface area contributed by atoms with Crippen molar-refractivity contribution in [3.8, 4) is 0 Å². The van der Waals surface area contributed by atoms with Gasteiger partial charge in [0.1, 0.15) is 0 Å². The van der Waals surface area contributed by atoms with Crippen LogP contribution in [0.25, 0.3) is 0 Å². The molecule has 0 aliphatic carbocycles. The number of guanidine groups is 1. The van der Waals surface area contributed by atoms with Crippen molar-refractivity contribution in [3.05, 3.63) is 36.4 Å². The summed E-state index contributed by atoms with van der Waals surface area (Å²) in [7, 11) is 0. The third-order valence-electron chi connectivity index (χ3n) is 1.47. The Labute approximate surface area is 139 Å². The minimum atomic E-state index is -2.27. The molecule has 1 rings (SSSR count). The Kier molecular flexibility index (Phi) is 18.2. The maximum atomic E-state index is 9.77. The first-order valence-electron chi connectivity index (χ1n) is 6.52. The average Bonchev–Trinajstić information content (AvgIpc) is 2.46. The number of hydrogen-bond acceptors (Lipinski definition) is 6. The second-order valence-electron chi connectivity index (χ2n) is 4.27. The molecule has 0 bridgehead atoms. The molecule has 0 saturated heterocycles. The lowest BCUT2D eigenvalue weighted by Gasteiger charge is -2.07. The lowest BCUT2D eigenvalue weighted by atomic mass is 10.2. The minimum absolute atomic E-state index is 0.167. The summed E-state index contributed by atoms with van der Waals surface area (Å²) >= 11 is 0. The van der Waals surface area contributed by atoms with Crippen LogP contribution in [0, 0.1) is 5.41 Å². The van der Waals surface area contributed by atoms with E-state index in [9.17, 15) is 9.59 Å². The number of aliphatic hydroxyl groups is 3. The van der Waals surface area contributed by atoms with Crippen molar-refractivity contribution in [2.45, 2.75) is 32.2 Å². The molecule has 0 fully saturated rings. The van der Waals surface area contributed by atoms with Gasteiger partial charge >= 0.3 is 11.9 Å². The molecule has 0 saturated carbocycles. The van der Waals surface area contributed by atoms with Crippen LogP contribution >= 0.6 is 0 Å². The molecular formula is C14H25N3O7. The van der Waals surface area contributed by atoms with Crippen molar-refractivity contribution in [1.29, 1.82) is 5.41 Å². The van der Waals surface area contributed by atoms with E-state index < -0.39 is 24.1 Å². The Morgan fingerprint density at radius 1 is 0.792 bits per heavy atom. The SMILES string of the molecule is CC(C)O.N=C(N)N.O=C(O)C(O)C(O)C(=O)O.c1ccccc1. The summed E-state index contributed by atoms with van der Waals surface area (Å²) in [5.41, 5.74) is 8.94. The summed E-state index contributed by atoms with van der Waals surface area (Å²) in [6.07, 6.45) is -4.70. The van der Waals surface area contributed by atoms with E-state index in [0.29, 0.717) is 0 Å². The minimum Gasteiger partial charge on any atom is -0.479 e. The normalized spacial score (nSPS) is 11.1. The number of carbonyl (C=O) groups is 2. The molecule has 0 aromatic heterocycles. The first-order chi connectivity index (χ1) is 10.9. The molecule has 0 spiro atoms. The zero-order valence-electron chi connectivity index (χ0n) is 13.4. The third kappa shape index (κ3) is 27.6. The predicted octanol–water partition coefficient (Wildman–Crippen LogP) is -1.21. The Morgan fingerprint density at radius 3 is 1.00 bits per heavy atom. The quantitative estimate of drug-likeness (QED) is 0.243. The van der Waals surface area contributed by atoms with Gasteiger partial charge in [-0.2, -0.15) is 0 Å². The third-order valence-corrected chi connectivity index (χ3v) is 1.47. The molecule has 138 valence electrons. The number of benzene rings is 1. The van der Waals surface area contributed by atoms with Gasteiger partial charge in [0.25, 0.3) is 0 Å². The maximum absolute atomic E-state index is 9.77. The van der Waals surface area contributed by atoms with E-state index in [-0.39, 0.29) is 12.1 Å². The van der Waals surface area contributed by atoms with Crippen LogP contribution in [0.5, 0.6) is 0 Å². The topological polar surface area (TPSA) is 211 Å². The molecule has 10 N–H and O–H groups in total. The van der Waals surface area contributed by atoms with Crippen molar-refractivity contribution < 1.29 is 35.1 Å². The highest BCUT2D eigenvalue weighted by atomic mass is 16.4. The van der Waals surface area contributed by atoms with Crippen molar-refractivity contribution in [3.63, 3.8) is 0 Å². The molecule has 2 atom stereocenters. The molecule has 2 unspecified atom stereocenters. The van der Waals surface area contributed by atoms with Crippen molar-refractivity contribution in [2.75, 3.05) is 0 Å². The number of rotatable bonds is 3. The molecule has 0 aliphatic heterocycles. The monoisotopic (exact) mass is 347 g/mol. The highest BCUT2D eigenvalue weighted by Gasteiger charge is 2.29. The fraction of sp³-hybridized carbons (Fsp3) is 0.357. The molecule has 0 heterocycles. The molecule has 0 amide bonds. The molecule has 10 nitrogen and oxygen atoms in total. The van der Waals surface area contributed by atoms with E-state index >= 15 is 0 Å². The lowest BCUT2D eigenvalue weighted by molar-refractivity contribution is -0.165. The summed E-state index contributed by atoms with van der Waals surface area (Å²) in [5.74, 6) is -3.87. The van der Waals surface area contributed by atoms with Gasteiger partial charge in [-0.25, -0.2) is 9.59 Å². The Hall–Kier alpha value is -2.69. The van der Waals surface area contributed by atoms with Gasteiger partial charge in [0.2, 0.25) is 0 Å². The summed E-state index contributed by atoms with van der Waals surface area (Å²) in [4.78, 5) is 19.5. The number of nitrogens with two attached hydrogens (primary N) is 2. The highest BCUT2D eigenvalue weighted by molar-refractivity contribution is 5.83. The molecule has 10 heteroatoms. The van der Waals surface area contributed by atoms with Crippen LogP contribution in [0.1, 0.15) is 13.8 Å². The van der Waals surface area contributed by atoms with E-state index in [1.165, 1.54) is 0 Å². The fourth-order valence-electron chi connectivity index (χ4n) is 0.655. The summed E-state index contributed by atoms with van der Waals surface area (Å²) in [5, 5.41) is 46.6. The number of carboxylic acid groups (broad SMARTS) is 2. The van der Waals surface area contributed by atoms with Crippen molar-refractivity contribution in [2.24, 2.45) is 11.5 Å². The van der Waals surface area contributed by atoms with Crippen LogP contribution in [0.15, 0.2) is 36.4 Å². The zero-order valence-corrected chi connectivity index (χ0v) is 13.4. The van der Waals surface area contributed by atoms with Gasteiger partial charge in [-0.15, -0.1) is 0 Å². The van der Waals surface area contributed by atoms with E-state index in [4.69, 9.17) is 30.9 Å². The highest BCUT2D eigenvalue weighted by Crippen LogP contribution is 1.92. The second kappa shape index (κ2) is 16.7. The fourth-order valence-corrected chi connectivity index (χ4v) is 0.655. The number of nitrogens with one attached hydrogen (secondary N) is 1. The number of aliphatic hydroxyl groups excluding tert-OH is 3. The first kappa shape index (κ1) is 26.2. The van der Waals surface area contributed by atoms with Gasteiger partial charge in [0.05, 0.1) is 0 Å². The van der Waals surface area contributed by atoms with E-state index in [1.807, 2.05) is 36.4 Å². The zero-order chi connectivity index (χ0) is 19.7. The van der Waals surface area contributed by atoms with Gasteiger partial charge in [0, 0.05) is 6.10 Å². The molecule has 0 aliphatic rings. The second-order valence-corrected chi connectivity index (χ2v) is 4.27. The van der Waals surface area contributed by atoms with Gasteiger partial charge in [-0.3, -0.25) is 5.41 Å². The standard InChI is InChI=1S/C6H6.C4H6O6.C3H8O.CH5N3/c1-2-4-6-5-3-1;5-1(3(7)8)2(6)4(9)10;1-3(2)4;2-1(3)4/h1-6H;1-2,5-6H,(H,7,8)(H,9,10);3-4H,1-2H3;(H5,2,3,4). The van der Waals surface area contributed by atoms with Crippen LogP contribution in [0.2, 0.25) is 0 Å². The smallest absolute Gasteiger partial charge is 0.335 e. The Bertz CT molecular complexity index is 403. The first-order valence-corrected chi connectivity index (χ1v) is 6.52. The van der Waals surface area contributed by atoms with E-state index in [2.05, 4.69) is 11.5 Å².